The first-order valence-electron chi connectivity index (χ1n) is 8.90. The van der Waals surface area contributed by atoms with E-state index in [1.807, 2.05) is 0 Å². The van der Waals surface area contributed by atoms with Crippen LogP contribution in [0.2, 0.25) is 0 Å². The molecule has 2 rings (SSSR count). The molecule has 130 valence electrons. The minimum absolute atomic E-state index is 0.160. The van der Waals surface area contributed by atoms with E-state index in [1.54, 1.807) is 0 Å². The standard InChI is InChI=1S/C18H31N3O2/c1-4-9-20-11-6-17(7-12-20)18(22)19-8-5-10-21-13-15(2)23-16(3)14-21/h1,15-17H,5-14H2,2-3H3,(H,19,22). The van der Waals surface area contributed by atoms with Crippen molar-refractivity contribution < 1.29 is 9.53 Å². The molecule has 2 aliphatic rings. The molecule has 0 bridgehead atoms. The highest BCUT2D eigenvalue weighted by molar-refractivity contribution is 5.78. The summed E-state index contributed by atoms with van der Waals surface area (Å²) in [6.07, 6.45) is 8.79. The highest BCUT2D eigenvalue weighted by Crippen LogP contribution is 2.17. The summed E-state index contributed by atoms with van der Waals surface area (Å²) in [5.74, 6) is 3.05. The van der Waals surface area contributed by atoms with Crippen molar-refractivity contribution in [1.82, 2.24) is 15.1 Å². The highest BCUT2D eigenvalue weighted by atomic mass is 16.5. The van der Waals surface area contributed by atoms with Gasteiger partial charge in [0, 0.05) is 32.1 Å². The van der Waals surface area contributed by atoms with Crippen LogP contribution in [0.1, 0.15) is 33.1 Å². The van der Waals surface area contributed by atoms with Crippen LogP contribution in [0.3, 0.4) is 0 Å². The zero-order valence-corrected chi connectivity index (χ0v) is 14.6. The summed E-state index contributed by atoms with van der Waals surface area (Å²) >= 11 is 0. The minimum atomic E-state index is 0.160. The lowest BCUT2D eigenvalue weighted by Crippen LogP contribution is -2.46. The normalized spacial score (nSPS) is 27.5. The number of rotatable bonds is 6. The molecule has 2 saturated heterocycles. The summed E-state index contributed by atoms with van der Waals surface area (Å²) in [5.41, 5.74) is 0. The van der Waals surface area contributed by atoms with Gasteiger partial charge in [-0.15, -0.1) is 6.42 Å². The van der Waals surface area contributed by atoms with E-state index < -0.39 is 0 Å². The monoisotopic (exact) mass is 321 g/mol. The van der Waals surface area contributed by atoms with Crippen LogP contribution >= 0.6 is 0 Å². The molecule has 2 aliphatic heterocycles. The van der Waals surface area contributed by atoms with Gasteiger partial charge in [0.05, 0.1) is 18.8 Å². The number of likely N-dealkylation sites (tertiary alicyclic amines) is 1. The summed E-state index contributed by atoms with van der Waals surface area (Å²) in [5, 5.41) is 3.11. The van der Waals surface area contributed by atoms with Crippen molar-refractivity contribution in [3.63, 3.8) is 0 Å². The fourth-order valence-electron chi connectivity index (χ4n) is 3.61. The Balaban J connectivity index is 1.58. The van der Waals surface area contributed by atoms with Crippen LogP contribution in [-0.4, -0.2) is 73.7 Å². The van der Waals surface area contributed by atoms with Crippen molar-refractivity contribution in [3.8, 4) is 12.3 Å². The molecule has 0 spiro atoms. The van der Waals surface area contributed by atoms with Gasteiger partial charge in [-0.1, -0.05) is 5.92 Å². The molecule has 0 aromatic rings. The lowest BCUT2D eigenvalue weighted by molar-refractivity contribution is -0.126. The van der Waals surface area contributed by atoms with Gasteiger partial charge in [-0.2, -0.15) is 0 Å². The molecule has 2 atom stereocenters. The van der Waals surface area contributed by atoms with E-state index in [1.165, 1.54) is 0 Å². The maximum Gasteiger partial charge on any atom is 0.223 e. The SMILES string of the molecule is C#CCN1CCC(C(=O)NCCCN2CC(C)OC(C)C2)CC1. The molecule has 0 radical (unpaired) electrons. The van der Waals surface area contributed by atoms with Crippen molar-refractivity contribution in [2.24, 2.45) is 5.92 Å². The maximum atomic E-state index is 12.2. The second-order valence-corrected chi connectivity index (χ2v) is 6.92. The average molecular weight is 321 g/mol. The summed E-state index contributed by atoms with van der Waals surface area (Å²) in [7, 11) is 0. The molecular formula is C18H31N3O2. The number of piperidine rings is 1. The zero-order chi connectivity index (χ0) is 16.7. The molecule has 5 heteroatoms. The molecule has 1 amide bonds. The maximum absolute atomic E-state index is 12.2. The quantitative estimate of drug-likeness (QED) is 0.584. The van der Waals surface area contributed by atoms with Crippen LogP contribution in [0.25, 0.3) is 0 Å². The van der Waals surface area contributed by atoms with E-state index in [2.05, 4.69) is 34.9 Å². The largest absolute Gasteiger partial charge is 0.373 e. The van der Waals surface area contributed by atoms with Gasteiger partial charge in [0.1, 0.15) is 0 Å². The molecule has 23 heavy (non-hydrogen) atoms. The molecule has 1 N–H and O–H groups in total. The lowest BCUT2D eigenvalue weighted by Gasteiger charge is -2.35. The first kappa shape index (κ1) is 18.3. The second kappa shape index (κ2) is 9.27. The summed E-state index contributed by atoms with van der Waals surface area (Å²) in [6.45, 7) is 10.6. The number of nitrogens with one attached hydrogen (secondary N) is 1. The molecule has 0 aromatic carbocycles. The van der Waals surface area contributed by atoms with Gasteiger partial charge in [-0.25, -0.2) is 0 Å². The Kier molecular flexibility index (Phi) is 7.35. The first-order valence-corrected chi connectivity index (χ1v) is 8.90. The Morgan fingerprint density at radius 3 is 2.48 bits per heavy atom. The average Bonchev–Trinajstić information content (AvgIpc) is 2.51. The lowest BCUT2D eigenvalue weighted by atomic mass is 9.96. The molecule has 5 nitrogen and oxygen atoms in total. The number of hydrogen-bond donors (Lipinski definition) is 1. The number of hydrogen-bond acceptors (Lipinski definition) is 4. The molecule has 0 saturated carbocycles. The Labute approximate surface area is 140 Å². The first-order chi connectivity index (χ1) is 11.1. The molecule has 0 aromatic heterocycles. The zero-order valence-electron chi connectivity index (χ0n) is 14.6. The van der Waals surface area contributed by atoms with Gasteiger partial charge in [0.2, 0.25) is 5.91 Å². The smallest absolute Gasteiger partial charge is 0.223 e. The van der Waals surface area contributed by atoms with E-state index >= 15 is 0 Å². The molecular weight excluding hydrogens is 290 g/mol. The van der Waals surface area contributed by atoms with Crippen molar-refractivity contribution in [2.45, 2.75) is 45.3 Å². The van der Waals surface area contributed by atoms with E-state index in [9.17, 15) is 4.79 Å². The van der Waals surface area contributed by atoms with Crippen LogP contribution in [0.15, 0.2) is 0 Å². The van der Waals surface area contributed by atoms with Gasteiger partial charge in [0.15, 0.2) is 0 Å². The Hall–Kier alpha value is -1.09. The Morgan fingerprint density at radius 1 is 1.22 bits per heavy atom. The van der Waals surface area contributed by atoms with E-state index in [-0.39, 0.29) is 11.8 Å². The Morgan fingerprint density at radius 2 is 1.87 bits per heavy atom. The summed E-state index contributed by atoms with van der Waals surface area (Å²) in [4.78, 5) is 16.9. The van der Waals surface area contributed by atoms with Crippen molar-refractivity contribution >= 4 is 5.91 Å². The van der Waals surface area contributed by atoms with Gasteiger partial charge in [-0.3, -0.25) is 14.6 Å². The number of morpholine rings is 1. The van der Waals surface area contributed by atoms with Crippen molar-refractivity contribution in [2.75, 3.05) is 45.8 Å². The topological polar surface area (TPSA) is 44.8 Å². The van der Waals surface area contributed by atoms with Crippen LogP contribution in [0.5, 0.6) is 0 Å². The third-order valence-electron chi connectivity index (χ3n) is 4.72. The van der Waals surface area contributed by atoms with Gasteiger partial charge in [0.25, 0.3) is 0 Å². The fourth-order valence-corrected chi connectivity index (χ4v) is 3.61. The van der Waals surface area contributed by atoms with Crippen molar-refractivity contribution in [1.29, 1.82) is 0 Å². The predicted molar refractivity (Wildman–Crippen MR) is 92.1 cm³/mol. The second-order valence-electron chi connectivity index (χ2n) is 6.92. The molecule has 0 aliphatic carbocycles. The van der Waals surface area contributed by atoms with Crippen LogP contribution in [-0.2, 0) is 9.53 Å². The number of terminal acetylenes is 1. The summed E-state index contributed by atoms with van der Waals surface area (Å²) in [6, 6.07) is 0. The van der Waals surface area contributed by atoms with Crippen LogP contribution in [0.4, 0.5) is 0 Å². The third-order valence-corrected chi connectivity index (χ3v) is 4.72. The Bertz CT molecular complexity index is 403. The molecule has 2 fully saturated rings. The molecule has 2 heterocycles. The minimum Gasteiger partial charge on any atom is -0.373 e. The fraction of sp³-hybridized carbons (Fsp3) is 0.833. The number of amides is 1. The number of carbonyl (C=O) groups is 1. The number of carbonyl (C=O) groups excluding carboxylic acids is 1. The van der Waals surface area contributed by atoms with Gasteiger partial charge >= 0.3 is 0 Å². The van der Waals surface area contributed by atoms with Crippen LogP contribution < -0.4 is 5.32 Å². The van der Waals surface area contributed by atoms with Crippen LogP contribution in [0, 0.1) is 18.3 Å². The summed E-state index contributed by atoms with van der Waals surface area (Å²) < 4.78 is 5.74. The van der Waals surface area contributed by atoms with E-state index in [0.29, 0.717) is 18.8 Å². The van der Waals surface area contributed by atoms with Gasteiger partial charge < -0.3 is 10.1 Å². The van der Waals surface area contributed by atoms with Gasteiger partial charge in [-0.05, 0) is 46.2 Å². The van der Waals surface area contributed by atoms with E-state index in [0.717, 1.165) is 58.5 Å². The molecule has 2 unspecified atom stereocenters. The van der Waals surface area contributed by atoms with Crippen molar-refractivity contribution in [3.05, 3.63) is 0 Å². The third kappa shape index (κ3) is 6.14. The highest BCUT2D eigenvalue weighted by Gasteiger charge is 2.24. The number of ether oxygens (including phenoxy) is 1. The van der Waals surface area contributed by atoms with E-state index in [4.69, 9.17) is 11.2 Å². The predicted octanol–water partition coefficient (Wildman–Crippen LogP) is 0.947. The number of nitrogens with zero attached hydrogens (tertiary/aromatic N) is 2.